The second-order valence-corrected chi connectivity index (χ2v) is 11.8. The van der Waals surface area contributed by atoms with E-state index in [2.05, 4.69) is 32.2 Å². The second kappa shape index (κ2) is 16.1. The van der Waals surface area contributed by atoms with Gasteiger partial charge in [-0.3, -0.25) is 4.79 Å². The fourth-order valence-electron chi connectivity index (χ4n) is 4.91. The van der Waals surface area contributed by atoms with Gasteiger partial charge in [0.05, 0.1) is 35.4 Å². The molecule has 1 amide bonds. The fourth-order valence-corrected chi connectivity index (χ4v) is 5.27. The van der Waals surface area contributed by atoms with Gasteiger partial charge in [-0.25, -0.2) is 13.6 Å². The number of hydrogen-bond donors (Lipinski definition) is 2. The molecule has 1 saturated carbocycles. The van der Waals surface area contributed by atoms with Crippen molar-refractivity contribution in [2.24, 2.45) is 17.3 Å². The van der Waals surface area contributed by atoms with E-state index in [-0.39, 0.29) is 39.5 Å². The van der Waals surface area contributed by atoms with E-state index in [1.807, 2.05) is 0 Å². The topological polar surface area (TPSA) is 99.4 Å². The Bertz CT molecular complexity index is 1390. The molecule has 1 fully saturated rings. The highest BCUT2D eigenvalue weighted by atomic mass is 35.5. The Balaban J connectivity index is 0.000000242. The third-order valence-electron chi connectivity index (χ3n) is 6.64. The lowest BCUT2D eigenvalue weighted by Crippen LogP contribution is -2.19. The largest absolute Gasteiger partial charge is 0.495 e. The maximum Gasteiger partial charge on any atom is 0.335 e. The number of methoxy groups -OCH3 is 1. The first kappa shape index (κ1) is 34.5. The van der Waals surface area contributed by atoms with Gasteiger partial charge in [-0.15, -0.1) is 0 Å². The van der Waals surface area contributed by atoms with Gasteiger partial charge in [0.25, 0.3) is 0 Å². The number of ether oxygens (including phenoxy) is 1. The van der Waals surface area contributed by atoms with Crippen LogP contribution in [0.4, 0.5) is 14.5 Å². The zero-order valence-electron chi connectivity index (χ0n) is 23.8. The summed E-state index contributed by atoms with van der Waals surface area (Å²) in [6.45, 7) is 6.57. The van der Waals surface area contributed by atoms with Crippen LogP contribution < -0.4 is 10.1 Å². The van der Waals surface area contributed by atoms with E-state index in [9.17, 15) is 23.6 Å². The highest BCUT2D eigenvalue weighted by Crippen LogP contribution is 2.48. The van der Waals surface area contributed by atoms with Crippen LogP contribution in [-0.2, 0) is 4.79 Å². The van der Waals surface area contributed by atoms with Crippen molar-refractivity contribution in [2.45, 2.75) is 46.0 Å². The van der Waals surface area contributed by atoms with Crippen molar-refractivity contribution in [1.29, 1.82) is 5.26 Å². The van der Waals surface area contributed by atoms with Crippen molar-refractivity contribution in [1.82, 2.24) is 0 Å². The number of nitrogens with one attached hydrogen (secondary N) is 1. The van der Waals surface area contributed by atoms with E-state index in [4.69, 9.17) is 33.0 Å². The number of nitriles is 1. The van der Waals surface area contributed by atoms with Crippen LogP contribution in [0.3, 0.4) is 0 Å². The SMILES string of the molecule is CC(C)(C)CC1CCC(c2cccc(Cl)c2F)C1C#N.COc1cc(C(=O)O)ccc1NC=O.Fc1cccc(Cl)c1. The molecule has 0 radical (unpaired) electrons. The number of nitrogens with zero attached hydrogens (tertiary/aromatic N) is 1. The van der Waals surface area contributed by atoms with Crippen LogP contribution in [-0.4, -0.2) is 24.6 Å². The molecule has 0 saturated heterocycles. The van der Waals surface area contributed by atoms with E-state index in [1.165, 1.54) is 37.4 Å². The summed E-state index contributed by atoms with van der Waals surface area (Å²) in [6, 6.07) is 17.5. The Labute approximate surface area is 255 Å². The summed E-state index contributed by atoms with van der Waals surface area (Å²) in [5, 5.41) is 21.2. The van der Waals surface area contributed by atoms with Crippen molar-refractivity contribution in [3.05, 3.63) is 93.5 Å². The van der Waals surface area contributed by atoms with Crippen LogP contribution in [0.5, 0.6) is 5.75 Å². The first-order valence-corrected chi connectivity index (χ1v) is 13.9. The third kappa shape index (κ3) is 10.3. The van der Waals surface area contributed by atoms with Gasteiger partial charge in [-0.2, -0.15) is 5.26 Å². The van der Waals surface area contributed by atoms with Crippen LogP contribution in [0.15, 0.2) is 60.7 Å². The van der Waals surface area contributed by atoms with Gasteiger partial charge in [0.2, 0.25) is 6.41 Å². The van der Waals surface area contributed by atoms with Crippen molar-refractivity contribution >= 4 is 41.3 Å². The maximum atomic E-state index is 14.2. The lowest BCUT2D eigenvalue weighted by molar-refractivity contribution is -0.105. The molecule has 0 aromatic heterocycles. The number of carbonyl (C=O) groups excluding carboxylic acids is 1. The first-order chi connectivity index (χ1) is 19.8. The van der Waals surface area contributed by atoms with Crippen molar-refractivity contribution in [3.8, 4) is 11.8 Å². The fraction of sp³-hybridized carbons (Fsp3) is 0.344. The van der Waals surface area contributed by atoms with Gasteiger partial charge >= 0.3 is 5.97 Å². The molecule has 42 heavy (non-hydrogen) atoms. The van der Waals surface area contributed by atoms with E-state index < -0.39 is 5.97 Å². The zero-order valence-corrected chi connectivity index (χ0v) is 25.3. The van der Waals surface area contributed by atoms with Gasteiger partial charge in [0, 0.05) is 10.9 Å². The number of carbonyl (C=O) groups is 2. The van der Waals surface area contributed by atoms with Gasteiger partial charge in [-0.1, -0.05) is 62.2 Å². The number of anilines is 1. The lowest BCUT2D eigenvalue weighted by atomic mass is 9.78. The number of amides is 1. The lowest BCUT2D eigenvalue weighted by Gasteiger charge is -2.26. The molecule has 0 spiro atoms. The van der Waals surface area contributed by atoms with E-state index in [0.29, 0.717) is 34.4 Å². The van der Waals surface area contributed by atoms with E-state index in [0.717, 1.165) is 19.3 Å². The van der Waals surface area contributed by atoms with Crippen molar-refractivity contribution < 1.29 is 28.2 Å². The Hall–Kier alpha value is -3.67. The predicted molar refractivity (Wildman–Crippen MR) is 161 cm³/mol. The second-order valence-electron chi connectivity index (χ2n) is 10.9. The molecule has 0 bridgehead atoms. The molecule has 6 nitrogen and oxygen atoms in total. The minimum atomic E-state index is -1.04. The Kier molecular flexibility index (Phi) is 13.2. The minimum absolute atomic E-state index is 0.0222. The molecule has 1 aliphatic carbocycles. The molecule has 0 aliphatic heterocycles. The highest BCUT2D eigenvalue weighted by Gasteiger charge is 2.40. The number of aromatic carboxylic acids is 1. The van der Waals surface area contributed by atoms with E-state index in [1.54, 1.807) is 30.3 Å². The standard InChI is InChI=1S/C17H21ClFN.C9H9NO4.C6H4ClF/c1-17(2,3)9-11-7-8-12(14(11)10-20)13-5-4-6-15(18)16(13)19;1-14-8-4-6(9(12)13)2-3-7(8)10-5-11;7-5-2-1-3-6(8)4-5/h4-6,11-12,14H,7-9H2,1-3H3;2-5H,1H3,(H,10,11)(H,12,13);1-4H. The molecule has 1 aliphatic rings. The number of hydrogen-bond acceptors (Lipinski definition) is 4. The van der Waals surface area contributed by atoms with Gasteiger partial charge in [-0.05, 0) is 78.6 Å². The summed E-state index contributed by atoms with van der Waals surface area (Å²) in [5.74, 6) is -1.15. The zero-order chi connectivity index (χ0) is 31.4. The molecular formula is C32H34Cl2F2N2O4. The molecule has 2 N–H and O–H groups in total. The summed E-state index contributed by atoms with van der Waals surface area (Å²) in [5.41, 5.74) is 1.35. The van der Waals surface area contributed by atoms with Crippen LogP contribution in [0.25, 0.3) is 0 Å². The Morgan fingerprint density at radius 1 is 1.12 bits per heavy atom. The molecular weight excluding hydrogens is 585 g/mol. The van der Waals surface area contributed by atoms with Crippen molar-refractivity contribution in [3.63, 3.8) is 0 Å². The van der Waals surface area contributed by atoms with Gasteiger partial charge < -0.3 is 15.2 Å². The third-order valence-corrected chi connectivity index (χ3v) is 7.17. The summed E-state index contributed by atoms with van der Waals surface area (Å²) in [6.07, 6.45) is 3.37. The number of rotatable bonds is 6. The number of carboxylic acid groups (broad SMARTS) is 1. The summed E-state index contributed by atoms with van der Waals surface area (Å²) in [4.78, 5) is 20.8. The maximum absolute atomic E-state index is 14.2. The van der Waals surface area contributed by atoms with Crippen molar-refractivity contribution in [2.75, 3.05) is 12.4 Å². The number of halogens is 4. The smallest absolute Gasteiger partial charge is 0.335 e. The van der Waals surface area contributed by atoms with Gasteiger partial charge in [0.1, 0.15) is 17.4 Å². The average Bonchev–Trinajstić information content (AvgIpc) is 3.31. The van der Waals surface area contributed by atoms with Crippen LogP contribution in [0.2, 0.25) is 10.0 Å². The predicted octanol–water partition coefficient (Wildman–Crippen LogP) is 8.99. The summed E-state index contributed by atoms with van der Waals surface area (Å²) >= 11 is 11.3. The molecule has 3 atom stereocenters. The number of benzene rings is 3. The molecule has 3 unspecified atom stereocenters. The first-order valence-electron chi connectivity index (χ1n) is 13.2. The molecule has 4 rings (SSSR count). The summed E-state index contributed by atoms with van der Waals surface area (Å²) < 4.78 is 31.2. The Morgan fingerprint density at radius 2 is 1.81 bits per heavy atom. The van der Waals surface area contributed by atoms with Crippen LogP contribution in [0.1, 0.15) is 61.9 Å². The monoisotopic (exact) mass is 618 g/mol. The molecule has 0 heterocycles. The molecule has 3 aromatic carbocycles. The molecule has 224 valence electrons. The van der Waals surface area contributed by atoms with Crippen LogP contribution >= 0.6 is 23.2 Å². The highest BCUT2D eigenvalue weighted by molar-refractivity contribution is 6.31. The van der Waals surface area contributed by atoms with E-state index >= 15 is 0 Å². The van der Waals surface area contributed by atoms with Crippen LogP contribution in [0, 0.1) is 40.2 Å². The normalized spacial score (nSPS) is 17.5. The molecule has 10 heteroatoms. The Morgan fingerprint density at radius 3 is 2.33 bits per heavy atom. The quantitative estimate of drug-likeness (QED) is 0.268. The number of carboxylic acids is 1. The minimum Gasteiger partial charge on any atom is -0.495 e. The van der Waals surface area contributed by atoms with Gasteiger partial charge in [0.15, 0.2) is 0 Å². The average molecular weight is 620 g/mol. The molecule has 3 aromatic rings. The summed E-state index contributed by atoms with van der Waals surface area (Å²) in [7, 11) is 1.40.